The van der Waals surface area contributed by atoms with Crippen molar-refractivity contribution in [2.24, 2.45) is 16.7 Å². The van der Waals surface area contributed by atoms with Gasteiger partial charge in [-0.1, -0.05) is 41.5 Å². The maximum Gasteiger partial charge on any atom is 0.152 e. The van der Waals surface area contributed by atoms with Crippen molar-refractivity contribution in [2.75, 3.05) is 0 Å². The lowest BCUT2D eigenvalue weighted by Gasteiger charge is -2.46. The van der Waals surface area contributed by atoms with Crippen molar-refractivity contribution in [2.45, 2.75) is 53.0 Å². The third-order valence-electron chi connectivity index (χ3n) is 5.57. The predicted molar refractivity (Wildman–Crippen MR) is 69.3 cm³/mol. The predicted octanol–water partition coefficient (Wildman–Crippen LogP) is 1.64. The van der Waals surface area contributed by atoms with Gasteiger partial charge in [-0.15, -0.1) is 0 Å². The molecule has 0 heterocycles. The Morgan fingerprint density at radius 2 is 1.71 bits per heavy atom. The van der Waals surface area contributed by atoms with Gasteiger partial charge in [-0.2, -0.15) is 0 Å². The van der Waals surface area contributed by atoms with Gasteiger partial charge in [0.2, 0.25) is 0 Å². The molecular weight excluding hydrogens is 204 g/mol. The molecule has 3 heteroatoms. The van der Waals surface area contributed by atoms with Gasteiger partial charge in [-0.25, -0.2) is 0 Å². The van der Waals surface area contributed by atoms with Crippen LogP contribution in [0.3, 0.4) is 0 Å². The van der Waals surface area contributed by atoms with E-state index in [1.54, 1.807) is 0 Å². The van der Waals surface area contributed by atoms with Gasteiger partial charge >= 0.3 is 0 Å². The van der Waals surface area contributed by atoms with Crippen LogP contribution < -0.4 is 0 Å². The fraction of sp³-hybridized carbons (Fsp3) is 1.00. The maximum absolute atomic E-state index is 5.68. The highest BCUT2D eigenvalue weighted by atomic mass is 28.3. The summed E-state index contributed by atoms with van der Waals surface area (Å²) in [5.74, 6) is 0.826. The molecule has 84 valence electrons. The van der Waals surface area contributed by atoms with E-state index < -0.39 is 0 Å². The van der Waals surface area contributed by atoms with Gasteiger partial charge in [-0.05, 0) is 28.2 Å². The largest absolute Gasteiger partial charge is 0.468 e. The summed E-state index contributed by atoms with van der Waals surface area (Å²) in [6, 6.07) is 0. The van der Waals surface area contributed by atoms with E-state index in [1.165, 1.54) is 6.42 Å². The van der Waals surface area contributed by atoms with E-state index in [1.807, 2.05) is 0 Å². The number of rotatable bonds is 2. The molecule has 0 amide bonds. The Morgan fingerprint density at radius 1 is 1.21 bits per heavy atom. The van der Waals surface area contributed by atoms with Crippen molar-refractivity contribution in [3.63, 3.8) is 0 Å². The topological polar surface area (TPSA) is 9.23 Å². The average molecular weight is 230 g/mol. The van der Waals surface area contributed by atoms with E-state index in [-0.39, 0.29) is 9.76 Å². The Balaban J connectivity index is 3.04. The van der Waals surface area contributed by atoms with Crippen LogP contribution in [0.25, 0.3) is 0 Å². The van der Waals surface area contributed by atoms with Crippen molar-refractivity contribution < 1.29 is 4.12 Å². The lowest BCUT2D eigenvalue weighted by atomic mass is 9.65. The molecule has 0 N–H and O–H groups in total. The van der Waals surface area contributed by atoms with Gasteiger partial charge in [0.1, 0.15) is 10.5 Å². The van der Waals surface area contributed by atoms with Crippen molar-refractivity contribution in [1.29, 1.82) is 0 Å². The van der Waals surface area contributed by atoms with Crippen LogP contribution in [0.2, 0.25) is 5.04 Å². The van der Waals surface area contributed by atoms with Gasteiger partial charge in [0.05, 0.1) is 0 Å². The molecule has 0 aromatic heterocycles. The van der Waals surface area contributed by atoms with Crippen LogP contribution >= 0.6 is 0 Å². The Labute approximate surface area is 94.5 Å². The van der Waals surface area contributed by atoms with Crippen LogP contribution in [0.1, 0.15) is 48.0 Å². The summed E-state index contributed by atoms with van der Waals surface area (Å²) in [7, 11) is 0.584. The summed E-state index contributed by atoms with van der Waals surface area (Å²) < 4.78 is 5.68. The third-order valence-corrected chi connectivity index (χ3v) is 8.54. The summed E-state index contributed by atoms with van der Waals surface area (Å²) in [5.41, 5.74) is 0.880. The molecule has 0 saturated heterocycles. The molecule has 2 atom stereocenters. The Bertz CT molecular complexity index is 225. The van der Waals surface area contributed by atoms with Crippen molar-refractivity contribution in [1.82, 2.24) is 0 Å². The molecule has 0 bridgehead atoms. The standard InChI is InChI=1S/C11H26OSi2/c1-8-7-11(6,14-12-13)10(4,5)9(8,2)3/h8H,7,14H2,1-6,13H3. The van der Waals surface area contributed by atoms with Gasteiger partial charge in [0.15, 0.2) is 9.76 Å². The zero-order valence-corrected chi connectivity index (χ0v) is 14.3. The summed E-state index contributed by atoms with van der Waals surface area (Å²) in [6.45, 7) is 14.6. The molecule has 1 rings (SSSR count). The first-order valence-corrected chi connectivity index (χ1v) is 7.78. The highest BCUT2D eigenvalue weighted by molar-refractivity contribution is 6.38. The Morgan fingerprint density at radius 3 is 2.00 bits per heavy atom. The molecule has 1 saturated carbocycles. The molecule has 1 aliphatic carbocycles. The first kappa shape index (κ1) is 12.5. The quantitative estimate of drug-likeness (QED) is 0.656. The molecule has 0 radical (unpaired) electrons. The van der Waals surface area contributed by atoms with Gasteiger partial charge in [0.25, 0.3) is 0 Å². The zero-order chi connectivity index (χ0) is 11.2. The van der Waals surface area contributed by atoms with E-state index in [9.17, 15) is 0 Å². The molecule has 0 aliphatic heterocycles. The molecule has 1 nitrogen and oxygen atoms in total. The van der Waals surface area contributed by atoms with Crippen LogP contribution in [-0.4, -0.2) is 20.2 Å². The fourth-order valence-electron chi connectivity index (χ4n) is 3.14. The van der Waals surface area contributed by atoms with E-state index in [0.29, 0.717) is 15.9 Å². The summed E-state index contributed by atoms with van der Waals surface area (Å²) in [5, 5.41) is 0.498. The molecule has 1 fully saturated rings. The normalized spacial score (nSPS) is 41.1. The minimum atomic E-state index is -0.341. The monoisotopic (exact) mass is 230 g/mol. The van der Waals surface area contributed by atoms with Crippen LogP contribution in [0.5, 0.6) is 0 Å². The van der Waals surface area contributed by atoms with Gasteiger partial charge in [-0.3, -0.25) is 0 Å². The van der Waals surface area contributed by atoms with Gasteiger partial charge in [0, 0.05) is 0 Å². The minimum Gasteiger partial charge on any atom is -0.468 e. The minimum absolute atomic E-state index is 0.341. The molecule has 1 aliphatic rings. The van der Waals surface area contributed by atoms with E-state index in [2.05, 4.69) is 41.5 Å². The number of hydrogen-bond acceptors (Lipinski definition) is 1. The lowest BCUT2D eigenvalue weighted by molar-refractivity contribution is 0.0915. The van der Waals surface area contributed by atoms with E-state index in [0.717, 1.165) is 16.4 Å². The Kier molecular flexibility index (Phi) is 3.08. The first-order chi connectivity index (χ1) is 6.19. The summed E-state index contributed by atoms with van der Waals surface area (Å²) >= 11 is 0. The molecule has 0 spiro atoms. The third kappa shape index (κ3) is 1.44. The Hall–Kier alpha value is 0.394. The molecule has 14 heavy (non-hydrogen) atoms. The molecule has 0 aromatic rings. The van der Waals surface area contributed by atoms with Crippen LogP contribution in [-0.2, 0) is 4.12 Å². The van der Waals surface area contributed by atoms with Crippen molar-refractivity contribution in [3.05, 3.63) is 0 Å². The molecule has 0 aromatic carbocycles. The summed E-state index contributed by atoms with van der Waals surface area (Å²) in [6.07, 6.45) is 1.36. The molecule has 2 unspecified atom stereocenters. The van der Waals surface area contributed by atoms with Gasteiger partial charge < -0.3 is 4.12 Å². The van der Waals surface area contributed by atoms with Crippen molar-refractivity contribution in [3.8, 4) is 0 Å². The first-order valence-electron chi connectivity index (χ1n) is 5.68. The molecular formula is C11H26OSi2. The van der Waals surface area contributed by atoms with Crippen LogP contribution in [0.4, 0.5) is 0 Å². The zero-order valence-electron chi connectivity index (χ0n) is 10.9. The second-order valence-corrected chi connectivity index (χ2v) is 10.6. The fourth-order valence-corrected chi connectivity index (χ4v) is 7.05. The number of hydrogen-bond donors (Lipinski definition) is 0. The maximum atomic E-state index is 5.68. The second-order valence-electron chi connectivity index (χ2n) is 6.45. The lowest BCUT2D eigenvalue weighted by Crippen LogP contribution is -2.39. The average Bonchev–Trinajstić information content (AvgIpc) is 2.12. The van der Waals surface area contributed by atoms with E-state index in [4.69, 9.17) is 4.12 Å². The highest BCUT2D eigenvalue weighted by Crippen LogP contribution is 2.68. The highest BCUT2D eigenvalue weighted by Gasteiger charge is 2.59. The van der Waals surface area contributed by atoms with Crippen LogP contribution in [0.15, 0.2) is 0 Å². The SMILES string of the molecule is CC1CC(C)([SiH2]O[SiH3])C(C)(C)C1(C)C. The second kappa shape index (κ2) is 3.46. The van der Waals surface area contributed by atoms with E-state index >= 15 is 0 Å². The van der Waals surface area contributed by atoms with Crippen molar-refractivity contribution >= 4 is 20.2 Å². The van der Waals surface area contributed by atoms with Crippen LogP contribution in [0, 0.1) is 16.7 Å². The smallest absolute Gasteiger partial charge is 0.152 e. The summed E-state index contributed by atoms with van der Waals surface area (Å²) in [4.78, 5) is 0.